The summed E-state index contributed by atoms with van der Waals surface area (Å²) in [6.45, 7) is 19.3. The summed E-state index contributed by atoms with van der Waals surface area (Å²) in [7, 11) is 1.48. The number of ether oxygens (including phenoxy) is 4. The van der Waals surface area contributed by atoms with Gasteiger partial charge in [0.1, 0.15) is 40.8 Å². The second-order valence-electron chi connectivity index (χ2n) is 17.9. The van der Waals surface area contributed by atoms with Crippen molar-refractivity contribution >= 4 is 33.6 Å². The largest absolute Gasteiger partial charge is 0.468 e. The van der Waals surface area contributed by atoms with Gasteiger partial charge in [-0.15, -0.1) is 6.42 Å². The van der Waals surface area contributed by atoms with E-state index in [-0.39, 0.29) is 65.1 Å². The van der Waals surface area contributed by atoms with Gasteiger partial charge in [-0.2, -0.15) is 9.97 Å². The zero-order chi connectivity index (χ0) is 42.2. The maximum Gasteiger partial charge on any atom is 0.411 e. The van der Waals surface area contributed by atoms with Crippen LogP contribution in [-0.2, 0) is 9.47 Å². The van der Waals surface area contributed by atoms with E-state index < -0.39 is 40.0 Å². The highest BCUT2D eigenvalue weighted by molar-refractivity contribution is 6.03. The SMILES string of the molecule is C#Cc1c(F)ccc2cc(OCOC)cc(-c3ncc4c(N5CC6CCC(C(C)(C)O)(C5)N6C(=O)OC(C)(C)C)nc(OCC56CC(=C)CN5CC(=C)C6)nc4c3F)c12. The average Bonchev–Trinajstić information content (AvgIpc) is 3.73. The van der Waals surface area contributed by atoms with Crippen molar-refractivity contribution < 1.29 is 37.6 Å². The van der Waals surface area contributed by atoms with Gasteiger partial charge in [-0.1, -0.05) is 36.3 Å². The lowest BCUT2D eigenvalue weighted by Gasteiger charge is -2.54. The van der Waals surface area contributed by atoms with Crippen LogP contribution in [0.3, 0.4) is 0 Å². The van der Waals surface area contributed by atoms with Gasteiger partial charge < -0.3 is 29.0 Å². The summed E-state index contributed by atoms with van der Waals surface area (Å²) in [6, 6.07) is 5.59. The Labute approximate surface area is 342 Å². The molecule has 59 heavy (non-hydrogen) atoms. The molecule has 2 unspecified atom stereocenters. The third-order valence-corrected chi connectivity index (χ3v) is 12.2. The maximum absolute atomic E-state index is 17.6. The summed E-state index contributed by atoms with van der Waals surface area (Å²) >= 11 is 0. The van der Waals surface area contributed by atoms with Gasteiger partial charge in [-0.05, 0) is 83.9 Å². The molecule has 1 amide bonds. The zero-order valence-corrected chi connectivity index (χ0v) is 34.5. The fourth-order valence-corrected chi connectivity index (χ4v) is 9.68. The number of methoxy groups -OCH3 is 1. The van der Waals surface area contributed by atoms with E-state index in [1.165, 1.54) is 19.4 Å². The molecule has 2 bridgehead atoms. The fourth-order valence-electron chi connectivity index (χ4n) is 9.68. The van der Waals surface area contributed by atoms with E-state index in [4.69, 9.17) is 35.3 Å². The minimum Gasteiger partial charge on any atom is -0.468 e. The molecule has 4 aliphatic heterocycles. The number of hydrogen-bond acceptors (Lipinski definition) is 11. The van der Waals surface area contributed by atoms with Gasteiger partial charge in [-0.25, -0.2) is 13.6 Å². The Kier molecular flexibility index (Phi) is 9.88. The number of carbonyl (C=O) groups is 1. The number of aliphatic hydroxyl groups is 1. The highest BCUT2D eigenvalue weighted by Crippen LogP contribution is 2.49. The molecule has 0 spiro atoms. The molecule has 8 rings (SSSR count). The molecule has 0 aliphatic carbocycles. The minimum atomic E-state index is -1.38. The van der Waals surface area contributed by atoms with Gasteiger partial charge in [0.05, 0.1) is 33.7 Å². The minimum absolute atomic E-state index is 0.0557. The molecule has 2 aromatic carbocycles. The number of carbonyl (C=O) groups excluding carboxylic acids is 1. The third-order valence-electron chi connectivity index (χ3n) is 12.2. The number of halogens is 2. The first-order valence-electron chi connectivity index (χ1n) is 19.8. The number of fused-ring (bicyclic) bond motifs is 5. The number of pyridine rings is 1. The third kappa shape index (κ3) is 6.92. The van der Waals surface area contributed by atoms with Gasteiger partial charge >= 0.3 is 12.1 Å². The van der Waals surface area contributed by atoms with Gasteiger partial charge in [0.25, 0.3) is 0 Å². The molecule has 2 aromatic heterocycles. The molecule has 12 nitrogen and oxygen atoms in total. The van der Waals surface area contributed by atoms with Crippen molar-refractivity contribution in [1.29, 1.82) is 0 Å². The molecular formula is C45H50F2N6O6. The van der Waals surface area contributed by atoms with Crippen molar-refractivity contribution in [2.45, 2.75) is 88.6 Å². The Morgan fingerprint density at radius 3 is 2.47 bits per heavy atom. The molecular weight excluding hydrogens is 759 g/mol. The van der Waals surface area contributed by atoms with E-state index in [0.29, 0.717) is 49.2 Å². The van der Waals surface area contributed by atoms with Crippen LogP contribution >= 0.6 is 0 Å². The summed E-state index contributed by atoms with van der Waals surface area (Å²) in [5.41, 5.74) is -1.55. The Hall–Kier alpha value is -5.36. The summed E-state index contributed by atoms with van der Waals surface area (Å²) in [6.07, 6.45) is 9.31. The number of nitrogens with zero attached hydrogens (tertiary/aromatic N) is 6. The number of terminal acetylenes is 1. The van der Waals surface area contributed by atoms with Gasteiger partial charge in [0.2, 0.25) is 0 Å². The van der Waals surface area contributed by atoms with Crippen LogP contribution in [0.15, 0.2) is 54.8 Å². The van der Waals surface area contributed by atoms with E-state index in [1.54, 1.807) is 57.7 Å². The van der Waals surface area contributed by atoms with Crippen LogP contribution < -0.4 is 14.4 Å². The number of piperazine rings is 1. The highest BCUT2D eigenvalue weighted by atomic mass is 19.1. The van der Waals surface area contributed by atoms with Crippen molar-refractivity contribution in [3.05, 3.63) is 72.0 Å². The normalized spacial score (nSPS) is 21.7. The second-order valence-corrected chi connectivity index (χ2v) is 17.9. The summed E-state index contributed by atoms with van der Waals surface area (Å²) in [4.78, 5) is 34.1. The lowest BCUT2D eigenvalue weighted by atomic mass is 9.79. The first kappa shape index (κ1) is 40.4. The fraction of sp³-hybridized carbons (Fsp3) is 0.467. The lowest BCUT2D eigenvalue weighted by molar-refractivity contribution is -0.0896. The van der Waals surface area contributed by atoms with Crippen LogP contribution in [0, 0.1) is 24.0 Å². The number of rotatable bonds is 9. The van der Waals surface area contributed by atoms with E-state index >= 15 is 8.78 Å². The summed E-state index contributed by atoms with van der Waals surface area (Å²) in [5, 5.41) is 12.9. The number of aromatic nitrogens is 3. The van der Waals surface area contributed by atoms with Crippen LogP contribution in [0.25, 0.3) is 32.9 Å². The van der Waals surface area contributed by atoms with Crippen LogP contribution in [-0.4, -0.2) is 111 Å². The smallest absolute Gasteiger partial charge is 0.411 e. The lowest BCUT2D eigenvalue weighted by Crippen LogP contribution is -2.71. The highest BCUT2D eigenvalue weighted by Gasteiger charge is 2.61. The standard InChI is InChI=1S/C45H50F2N6O6/c1-10-31-34(46)12-11-28-15-30(58-25-56-9)16-32(35(28)31)37-36(47)38-33(19-48-37)39(50-40(49-38)57-24-44-17-26(2)20-52(44)21-27(3)18-44)51-22-29-13-14-45(23-51,43(7,8)55)53(29)41(54)59-42(4,5)6/h1,11-12,15-16,19,29,55H,2-3,13-14,17-18,20-25H2,4-9H3. The van der Waals surface area contributed by atoms with Gasteiger partial charge in [-0.3, -0.25) is 14.8 Å². The number of anilines is 1. The predicted octanol–water partition coefficient (Wildman–Crippen LogP) is 7.16. The Morgan fingerprint density at radius 2 is 1.81 bits per heavy atom. The molecule has 6 heterocycles. The first-order valence-corrected chi connectivity index (χ1v) is 19.8. The van der Waals surface area contributed by atoms with Crippen LogP contribution in [0.2, 0.25) is 0 Å². The number of amides is 1. The van der Waals surface area contributed by atoms with Crippen LogP contribution in [0.4, 0.5) is 19.4 Å². The molecule has 0 saturated carbocycles. The quantitative estimate of drug-likeness (QED) is 0.105. The van der Waals surface area contributed by atoms with E-state index in [9.17, 15) is 9.90 Å². The van der Waals surface area contributed by atoms with E-state index in [2.05, 4.69) is 29.0 Å². The topological polar surface area (TPSA) is 123 Å². The predicted molar refractivity (Wildman–Crippen MR) is 220 cm³/mol. The monoisotopic (exact) mass is 808 g/mol. The summed E-state index contributed by atoms with van der Waals surface area (Å²) < 4.78 is 56.1. The van der Waals surface area contributed by atoms with Gasteiger partial charge in [0.15, 0.2) is 12.6 Å². The first-order chi connectivity index (χ1) is 27.9. The maximum atomic E-state index is 17.6. The van der Waals surface area contributed by atoms with Crippen molar-refractivity contribution in [1.82, 2.24) is 24.8 Å². The van der Waals surface area contributed by atoms with Crippen LogP contribution in [0.5, 0.6) is 11.8 Å². The molecule has 4 aliphatic rings. The van der Waals surface area contributed by atoms with Crippen LogP contribution in [0.1, 0.15) is 65.9 Å². The second kappa shape index (κ2) is 14.4. The molecule has 14 heteroatoms. The van der Waals surface area contributed by atoms with Gasteiger partial charge in [0, 0.05) is 50.4 Å². The van der Waals surface area contributed by atoms with E-state index in [0.717, 1.165) is 24.2 Å². The Morgan fingerprint density at radius 1 is 1.08 bits per heavy atom. The van der Waals surface area contributed by atoms with E-state index in [1.807, 2.05) is 4.90 Å². The summed E-state index contributed by atoms with van der Waals surface area (Å²) in [5.74, 6) is 1.62. The molecule has 310 valence electrons. The Bertz CT molecular complexity index is 2430. The molecule has 4 saturated heterocycles. The molecule has 2 atom stereocenters. The van der Waals surface area contributed by atoms with Crippen molar-refractivity contribution in [2.75, 3.05) is 51.6 Å². The van der Waals surface area contributed by atoms with Crippen molar-refractivity contribution in [3.8, 4) is 35.4 Å². The number of hydrogen-bond donors (Lipinski definition) is 1. The average molecular weight is 809 g/mol. The molecule has 0 radical (unpaired) electrons. The number of benzene rings is 2. The Balaban J connectivity index is 1.29. The zero-order valence-electron chi connectivity index (χ0n) is 34.5. The molecule has 4 aromatic rings. The molecule has 4 fully saturated rings. The van der Waals surface area contributed by atoms with Crippen molar-refractivity contribution in [2.24, 2.45) is 0 Å². The molecule has 1 N–H and O–H groups in total. The van der Waals surface area contributed by atoms with Crippen molar-refractivity contribution in [3.63, 3.8) is 0 Å².